The number of hydrogen-bond donors (Lipinski definition) is 1. The Morgan fingerprint density at radius 1 is 1.31 bits per heavy atom. The Labute approximate surface area is 99.5 Å². The lowest BCUT2D eigenvalue weighted by Crippen LogP contribution is -2.09. The molecule has 0 fully saturated rings. The fraction of sp³-hybridized carbons (Fsp3) is 0.182. The molecule has 86 valence electrons. The summed E-state index contributed by atoms with van der Waals surface area (Å²) in [6.07, 6.45) is 3.44. The average Bonchev–Trinajstić information content (AvgIpc) is 2.68. The van der Waals surface area contributed by atoms with E-state index < -0.39 is 0 Å². The SMILES string of the molecule is Cl.NCCn1cc(-c2ccccc2F)cn1. The van der Waals surface area contributed by atoms with Gasteiger partial charge in [0, 0.05) is 23.9 Å². The molecular weight excluding hydrogens is 229 g/mol. The van der Waals surface area contributed by atoms with Gasteiger partial charge in [0.2, 0.25) is 0 Å². The number of aromatic nitrogens is 2. The van der Waals surface area contributed by atoms with Gasteiger partial charge in [-0.15, -0.1) is 12.4 Å². The summed E-state index contributed by atoms with van der Waals surface area (Å²) >= 11 is 0. The van der Waals surface area contributed by atoms with Crippen molar-refractivity contribution < 1.29 is 4.39 Å². The molecule has 0 amide bonds. The normalized spacial score (nSPS) is 9.88. The van der Waals surface area contributed by atoms with E-state index in [4.69, 9.17) is 5.73 Å². The molecule has 16 heavy (non-hydrogen) atoms. The highest BCUT2D eigenvalue weighted by atomic mass is 35.5. The van der Waals surface area contributed by atoms with Crippen molar-refractivity contribution in [1.82, 2.24) is 9.78 Å². The zero-order chi connectivity index (χ0) is 10.7. The summed E-state index contributed by atoms with van der Waals surface area (Å²) in [6, 6.07) is 6.65. The summed E-state index contributed by atoms with van der Waals surface area (Å²) in [4.78, 5) is 0. The Morgan fingerprint density at radius 2 is 2.06 bits per heavy atom. The Bertz CT molecular complexity index is 456. The van der Waals surface area contributed by atoms with Crippen LogP contribution >= 0.6 is 12.4 Å². The molecule has 0 unspecified atom stereocenters. The van der Waals surface area contributed by atoms with Crippen LogP contribution in [-0.2, 0) is 6.54 Å². The first-order chi connectivity index (χ1) is 7.31. The highest BCUT2D eigenvalue weighted by Gasteiger charge is 2.05. The van der Waals surface area contributed by atoms with Gasteiger partial charge in [0.15, 0.2) is 0 Å². The van der Waals surface area contributed by atoms with Crippen LogP contribution < -0.4 is 5.73 Å². The third-order valence-corrected chi connectivity index (χ3v) is 2.18. The maximum absolute atomic E-state index is 13.4. The second-order valence-corrected chi connectivity index (χ2v) is 3.26. The lowest BCUT2D eigenvalue weighted by Gasteiger charge is -1.98. The number of nitrogens with zero attached hydrogens (tertiary/aromatic N) is 2. The first-order valence-electron chi connectivity index (χ1n) is 4.78. The molecular formula is C11H13ClFN3. The zero-order valence-corrected chi connectivity index (χ0v) is 9.45. The smallest absolute Gasteiger partial charge is 0.131 e. The first kappa shape index (κ1) is 12.7. The Hall–Kier alpha value is -1.39. The Kier molecular flexibility index (Phi) is 4.46. The third kappa shape index (κ3) is 2.59. The quantitative estimate of drug-likeness (QED) is 0.894. The minimum Gasteiger partial charge on any atom is -0.329 e. The van der Waals surface area contributed by atoms with Crippen molar-refractivity contribution in [3.63, 3.8) is 0 Å². The van der Waals surface area contributed by atoms with Crippen molar-refractivity contribution in [2.45, 2.75) is 6.54 Å². The summed E-state index contributed by atoms with van der Waals surface area (Å²) in [5.41, 5.74) is 6.75. The van der Waals surface area contributed by atoms with Crippen molar-refractivity contribution >= 4 is 12.4 Å². The van der Waals surface area contributed by atoms with Crippen LogP contribution in [0.2, 0.25) is 0 Å². The highest BCUT2D eigenvalue weighted by Crippen LogP contribution is 2.21. The average molecular weight is 242 g/mol. The number of rotatable bonds is 3. The third-order valence-electron chi connectivity index (χ3n) is 2.18. The lowest BCUT2D eigenvalue weighted by atomic mass is 10.1. The maximum atomic E-state index is 13.4. The van der Waals surface area contributed by atoms with Gasteiger partial charge in [0.05, 0.1) is 12.7 Å². The number of benzene rings is 1. The van der Waals surface area contributed by atoms with Crippen LogP contribution in [0.1, 0.15) is 0 Å². The molecule has 1 heterocycles. The molecule has 2 aromatic rings. The molecule has 0 aliphatic rings. The second kappa shape index (κ2) is 5.63. The van der Waals surface area contributed by atoms with Gasteiger partial charge in [-0.1, -0.05) is 18.2 Å². The zero-order valence-electron chi connectivity index (χ0n) is 8.64. The van der Waals surface area contributed by atoms with Crippen LogP contribution in [0.25, 0.3) is 11.1 Å². The standard InChI is InChI=1S/C11H12FN3.ClH/c12-11-4-2-1-3-10(11)9-7-14-15(8-9)6-5-13;/h1-4,7-8H,5-6,13H2;1H. The number of hydrogen-bond acceptors (Lipinski definition) is 2. The van der Waals surface area contributed by atoms with E-state index in [-0.39, 0.29) is 18.2 Å². The molecule has 1 aromatic heterocycles. The van der Waals surface area contributed by atoms with E-state index >= 15 is 0 Å². The van der Waals surface area contributed by atoms with Gasteiger partial charge in [-0.3, -0.25) is 4.68 Å². The van der Waals surface area contributed by atoms with Gasteiger partial charge in [-0.2, -0.15) is 5.10 Å². The number of halogens is 2. The molecule has 0 atom stereocenters. The van der Waals surface area contributed by atoms with Crippen molar-refractivity contribution in [3.05, 3.63) is 42.5 Å². The minimum absolute atomic E-state index is 0. The summed E-state index contributed by atoms with van der Waals surface area (Å²) in [7, 11) is 0. The van der Waals surface area contributed by atoms with Crippen LogP contribution in [0.3, 0.4) is 0 Å². The van der Waals surface area contributed by atoms with Gasteiger partial charge in [-0.05, 0) is 6.07 Å². The van der Waals surface area contributed by atoms with Crippen molar-refractivity contribution in [3.8, 4) is 11.1 Å². The molecule has 0 saturated heterocycles. The highest BCUT2D eigenvalue weighted by molar-refractivity contribution is 5.85. The van der Waals surface area contributed by atoms with Crippen LogP contribution in [0, 0.1) is 5.82 Å². The van der Waals surface area contributed by atoms with E-state index in [2.05, 4.69) is 5.10 Å². The molecule has 2 rings (SSSR count). The molecule has 2 N–H and O–H groups in total. The fourth-order valence-electron chi connectivity index (χ4n) is 1.45. The van der Waals surface area contributed by atoms with E-state index in [0.29, 0.717) is 18.7 Å². The van der Waals surface area contributed by atoms with E-state index in [0.717, 1.165) is 5.56 Å². The topological polar surface area (TPSA) is 43.8 Å². The van der Waals surface area contributed by atoms with Crippen LogP contribution in [0.5, 0.6) is 0 Å². The predicted molar refractivity (Wildman–Crippen MR) is 63.9 cm³/mol. The predicted octanol–water partition coefficient (Wildman–Crippen LogP) is 2.07. The maximum Gasteiger partial charge on any atom is 0.131 e. The molecule has 0 aliphatic carbocycles. The van der Waals surface area contributed by atoms with Gasteiger partial charge in [0.1, 0.15) is 5.82 Å². The van der Waals surface area contributed by atoms with E-state index in [9.17, 15) is 4.39 Å². The first-order valence-corrected chi connectivity index (χ1v) is 4.78. The molecule has 0 bridgehead atoms. The monoisotopic (exact) mass is 241 g/mol. The van der Waals surface area contributed by atoms with Crippen molar-refractivity contribution in [1.29, 1.82) is 0 Å². The van der Waals surface area contributed by atoms with E-state index in [1.54, 1.807) is 35.3 Å². The Balaban J connectivity index is 0.00000128. The summed E-state index contributed by atoms with van der Waals surface area (Å²) < 4.78 is 15.1. The molecule has 0 spiro atoms. The lowest BCUT2D eigenvalue weighted by molar-refractivity contribution is 0.624. The summed E-state index contributed by atoms with van der Waals surface area (Å²) in [6.45, 7) is 1.17. The molecule has 0 radical (unpaired) electrons. The van der Waals surface area contributed by atoms with Gasteiger partial charge in [-0.25, -0.2) is 4.39 Å². The van der Waals surface area contributed by atoms with E-state index in [1.165, 1.54) is 6.07 Å². The fourth-order valence-corrected chi connectivity index (χ4v) is 1.45. The van der Waals surface area contributed by atoms with Gasteiger partial charge >= 0.3 is 0 Å². The van der Waals surface area contributed by atoms with Crippen LogP contribution in [-0.4, -0.2) is 16.3 Å². The number of nitrogens with two attached hydrogens (primary N) is 1. The van der Waals surface area contributed by atoms with Gasteiger partial charge < -0.3 is 5.73 Å². The molecule has 0 aliphatic heterocycles. The minimum atomic E-state index is -0.232. The van der Waals surface area contributed by atoms with Crippen molar-refractivity contribution in [2.24, 2.45) is 5.73 Å². The van der Waals surface area contributed by atoms with Crippen LogP contribution in [0.4, 0.5) is 4.39 Å². The largest absolute Gasteiger partial charge is 0.329 e. The second-order valence-electron chi connectivity index (χ2n) is 3.26. The van der Waals surface area contributed by atoms with Crippen LogP contribution in [0.15, 0.2) is 36.7 Å². The summed E-state index contributed by atoms with van der Waals surface area (Å²) in [5.74, 6) is -0.232. The van der Waals surface area contributed by atoms with Crippen molar-refractivity contribution in [2.75, 3.05) is 6.54 Å². The van der Waals surface area contributed by atoms with Gasteiger partial charge in [0.25, 0.3) is 0 Å². The summed E-state index contributed by atoms with van der Waals surface area (Å²) in [5, 5.41) is 4.09. The molecule has 1 aromatic carbocycles. The Morgan fingerprint density at radius 3 is 2.75 bits per heavy atom. The molecule has 5 heteroatoms. The molecule has 3 nitrogen and oxygen atoms in total. The molecule has 0 saturated carbocycles. The van der Waals surface area contributed by atoms with E-state index in [1.807, 2.05) is 0 Å².